The zero-order chi connectivity index (χ0) is 13.3. The smallest absolute Gasteiger partial charge is 0.166 e. The van der Waals surface area contributed by atoms with Crippen LogP contribution in [-0.4, -0.2) is 0 Å². The molecule has 0 aromatic heterocycles. The van der Waals surface area contributed by atoms with E-state index in [9.17, 15) is 13.2 Å². The van der Waals surface area contributed by atoms with Crippen molar-refractivity contribution in [3.63, 3.8) is 0 Å². The van der Waals surface area contributed by atoms with Gasteiger partial charge >= 0.3 is 6.18 Å². The topological polar surface area (TPSA) is 0 Å². The minimum Gasteiger partial charge on any atom is -0.166 e. The summed E-state index contributed by atoms with van der Waals surface area (Å²) < 4.78 is 38.8. The summed E-state index contributed by atoms with van der Waals surface area (Å²) >= 11 is 11.7. The Labute approximate surface area is 112 Å². The highest BCUT2D eigenvalue weighted by Crippen LogP contribution is 2.42. The summed E-state index contributed by atoms with van der Waals surface area (Å²) in [6.07, 6.45) is -4.49. The van der Waals surface area contributed by atoms with Crippen molar-refractivity contribution in [1.29, 1.82) is 0 Å². The molecule has 5 heteroatoms. The lowest BCUT2D eigenvalue weighted by Gasteiger charge is -2.15. The van der Waals surface area contributed by atoms with Gasteiger partial charge < -0.3 is 0 Å². The van der Waals surface area contributed by atoms with E-state index in [-0.39, 0.29) is 21.2 Å². The second kappa shape index (κ2) is 4.82. The van der Waals surface area contributed by atoms with Crippen LogP contribution < -0.4 is 0 Å². The van der Waals surface area contributed by atoms with Crippen LogP contribution in [0.2, 0.25) is 10.0 Å². The zero-order valence-corrected chi connectivity index (χ0v) is 10.4. The standard InChI is InChI=1S/C13H6Cl2F3/c14-10-6-2-1-4-8(10)12-9(13(16,17)18)5-3-7-11(12)15/h1-5,7H. The molecule has 0 N–H and O–H groups in total. The van der Waals surface area contributed by atoms with Crippen LogP contribution in [0.3, 0.4) is 0 Å². The van der Waals surface area contributed by atoms with Gasteiger partial charge in [-0.2, -0.15) is 13.2 Å². The molecule has 0 heterocycles. The molecule has 1 radical (unpaired) electrons. The Bertz CT molecular complexity index is 577. The van der Waals surface area contributed by atoms with E-state index in [2.05, 4.69) is 6.07 Å². The van der Waals surface area contributed by atoms with Crippen molar-refractivity contribution in [3.05, 3.63) is 58.1 Å². The van der Waals surface area contributed by atoms with E-state index in [1.165, 1.54) is 24.3 Å². The molecule has 18 heavy (non-hydrogen) atoms. The van der Waals surface area contributed by atoms with Crippen molar-refractivity contribution in [2.45, 2.75) is 6.18 Å². The van der Waals surface area contributed by atoms with Crippen LogP contribution in [-0.2, 0) is 6.18 Å². The van der Waals surface area contributed by atoms with Crippen molar-refractivity contribution in [2.24, 2.45) is 0 Å². The molecule has 93 valence electrons. The van der Waals surface area contributed by atoms with Gasteiger partial charge in [0.15, 0.2) is 0 Å². The maximum absolute atomic E-state index is 12.9. The van der Waals surface area contributed by atoms with Crippen LogP contribution >= 0.6 is 23.2 Å². The molecule has 0 atom stereocenters. The van der Waals surface area contributed by atoms with Crippen molar-refractivity contribution in [1.82, 2.24) is 0 Å². The SMILES string of the molecule is FC(F)(F)c1cccc(Cl)c1-c1ccc[c]c1Cl. The second-order valence-electron chi connectivity index (χ2n) is 3.56. The van der Waals surface area contributed by atoms with Gasteiger partial charge in [-0.25, -0.2) is 0 Å². The molecule has 0 aliphatic carbocycles. The Balaban J connectivity index is 2.75. The minimum absolute atomic E-state index is 0.00586. The number of rotatable bonds is 1. The summed E-state index contributed by atoms with van der Waals surface area (Å²) in [6.45, 7) is 0. The van der Waals surface area contributed by atoms with E-state index in [0.29, 0.717) is 0 Å². The van der Waals surface area contributed by atoms with Crippen LogP contribution in [0.1, 0.15) is 5.56 Å². The average molecular weight is 290 g/mol. The molecule has 0 bridgehead atoms. The van der Waals surface area contributed by atoms with Crippen LogP contribution in [0.25, 0.3) is 11.1 Å². The first kappa shape index (κ1) is 13.2. The normalized spacial score (nSPS) is 11.6. The number of benzene rings is 2. The van der Waals surface area contributed by atoms with Gasteiger partial charge in [-0.1, -0.05) is 47.5 Å². The van der Waals surface area contributed by atoms with Crippen molar-refractivity contribution >= 4 is 23.2 Å². The molecule has 2 rings (SSSR count). The molecule has 2 aromatic rings. The van der Waals surface area contributed by atoms with Gasteiger partial charge in [-0.3, -0.25) is 0 Å². The van der Waals surface area contributed by atoms with E-state index in [0.717, 1.165) is 6.07 Å². The first-order chi connectivity index (χ1) is 8.41. The molecular weight excluding hydrogens is 284 g/mol. The van der Waals surface area contributed by atoms with Gasteiger partial charge in [-0.15, -0.1) is 0 Å². The first-order valence-corrected chi connectivity index (χ1v) is 5.69. The van der Waals surface area contributed by atoms with Crippen molar-refractivity contribution in [2.75, 3.05) is 0 Å². The summed E-state index contributed by atoms with van der Waals surface area (Å²) in [6, 6.07) is 10.8. The Morgan fingerprint density at radius 3 is 2.33 bits per heavy atom. The first-order valence-electron chi connectivity index (χ1n) is 4.93. The molecule has 0 amide bonds. The predicted molar refractivity (Wildman–Crippen MR) is 65.7 cm³/mol. The van der Waals surface area contributed by atoms with Crippen LogP contribution in [0.15, 0.2) is 36.4 Å². The molecule has 0 aliphatic heterocycles. The van der Waals surface area contributed by atoms with Gasteiger partial charge in [0.2, 0.25) is 0 Å². The summed E-state index contributed by atoms with van der Waals surface area (Å²) in [5, 5.41) is 0.113. The number of halogens is 5. The average Bonchev–Trinajstić information content (AvgIpc) is 2.29. The van der Waals surface area contributed by atoms with E-state index < -0.39 is 11.7 Å². The molecule has 0 fully saturated rings. The lowest BCUT2D eigenvalue weighted by atomic mass is 9.99. The molecule has 0 nitrogen and oxygen atoms in total. The fourth-order valence-corrected chi connectivity index (χ4v) is 2.14. The summed E-state index contributed by atoms with van der Waals surface area (Å²) in [7, 11) is 0. The maximum atomic E-state index is 12.9. The highest BCUT2D eigenvalue weighted by atomic mass is 35.5. The fraction of sp³-hybridized carbons (Fsp3) is 0.0769. The second-order valence-corrected chi connectivity index (χ2v) is 4.34. The highest BCUT2D eigenvalue weighted by Gasteiger charge is 2.34. The van der Waals surface area contributed by atoms with Gasteiger partial charge in [0.1, 0.15) is 0 Å². The third kappa shape index (κ3) is 2.47. The summed E-state index contributed by atoms with van der Waals surface area (Å²) in [5.74, 6) is 0. The molecular formula is C13H6Cl2F3. The highest BCUT2D eigenvalue weighted by molar-refractivity contribution is 6.36. The Kier molecular flexibility index (Phi) is 3.55. The quantitative estimate of drug-likeness (QED) is 0.652. The number of hydrogen-bond donors (Lipinski definition) is 0. The van der Waals surface area contributed by atoms with Gasteiger partial charge in [0.25, 0.3) is 0 Å². The molecule has 0 saturated carbocycles. The third-order valence-electron chi connectivity index (χ3n) is 2.39. The van der Waals surface area contributed by atoms with Gasteiger partial charge in [-0.05, 0) is 12.1 Å². The Morgan fingerprint density at radius 1 is 1.00 bits per heavy atom. The number of alkyl halides is 3. The molecule has 0 saturated heterocycles. The largest absolute Gasteiger partial charge is 0.417 e. The maximum Gasteiger partial charge on any atom is 0.417 e. The fourth-order valence-electron chi connectivity index (χ4n) is 1.64. The van der Waals surface area contributed by atoms with Crippen LogP contribution in [0.5, 0.6) is 0 Å². The Hall–Kier alpha value is -1.19. The van der Waals surface area contributed by atoms with E-state index in [1.54, 1.807) is 6.07 Å². The molecule has 0 spiro atoms. The van der Waals surface area contributed by atoms with Crippen LogP contribution in [0.4, 0.5) is 13.2 Å². The Morgan fingerprint density at radius 2 is 1.72 bits per heavy atom. The predicted octanol–water partition coefficient (Wildman–Crippen LogP) is 5.48. The lowest BCUT2D eigenvalue weighted by Crippen LogP contribution is -2.07. The van der Waals surface area contributed by atoms with Gasteiger partial charge in [0, 0.05) is 22.2 Å². The van der Waals surface area contributed by atoms with E-state index >= 15 is 0 Å². The monoisotopic (exact) mass is 289 g/mol. The zero-order valence-electron chi connectivity index (χ0n) is 8.85. The van der Waals surface area contributed by atoms with Crippen molar-refractivity contribution in [3.8, 4) is 11.1 Å². The van der Waals surface area contributed by atoms with Crippen molar-refractivity contribution < 1.29 is 13.2 Å². The third-order valence-corrected chi connectivity index (χ3v) is 3.02. The lowest BCUT2D eigenvalue weighted by molar-refractivity contribution is -0.137. The molecule has 0 aliphatic rings. The van der Waals surface area contributed by atoms with E-state index in [4.69, 9.17) is 23.2 Å². The summed E-state index contributed by atoms with van der Waals surface area (Å²) in [5.41, 5.74) is -0.706. The van der Waals surface area contributed by atoms with Crippen LogP contribution in [0, 0.1) is 6.07 Å². The molecule has 2 aromatic carbocycles. The summed E-state index contributed by atoms with van der Waals surface area (Å²) in [4.78, 5) is 0. The molecule has 0 unspecified atom stereocenters. The van der Waals surface area contributed by atoms with Gasteiger partial charge in [0.05, 0.1) is 10.6 Å². The number of hydrogen-bond acceptors (Lipinski definition) is 0. The minimum atomic E-state index is -4.49. The van der Waals surface area contributed by atoms with E-state index in [1.807, 2.05) is 0 Å².